The van der Waals surface area contributed by atoms with Gasteiger partial charge >= 0.3 is 12.0 Å². The molecule has 6 nitrogen and oxygen atoms in total. The third kappa shape index (κ3) is 3.37. The lowest BCUT2D eigenvalue weighted by Crippen LogP contribution is -2.61. The maximum atomic E-state index is 12.2. The zero-order valence-corrected chi connectivity index (χ0v) is 11.9. The molecule has 6 heteroatoms. The number of aliphatic hydroxyl groups excluding tert-OH is 1. The Morgan fingerprint density at radius 2 is 1.79 bits per heavy atom. The van der Waals surface area contributed by atoms with Gasteiger partial charge in [-0.1, -0.05) is 19.3 Å². The fourth-order valence-electron chi connectivity index (χ4n) is 2.22. The van der Waals surface area contributed by atoms with E-state index in [1.54, 1.807) is 20.9 Å². The molecule has 0 aromatic rings. The van der Waals surface area contributed by atoms with Crippen molar-refractivity contribution in [3.05, 3.63) is 0 Å². The Kier molecular flexibility index (Phi) is 4.79. The Morgan fingerprint density at radius 3 is 2.21 bits per heavy atom. The lowest BCUT2D eigenvalue weighted by atomic mass is 9.82. The van der Waals surface area contributed by atoms with Crippen LogP contribution in [0.5, 0.6) is 0 Å². The number of nitrogens with one attached hydrogen (secondary N) is 1. The number of likely N-dealkylation sites (N-methyl/N-ethyl adjacent to an activating group) is 1. The number of urea groups is 1. The molecule has 19 heavy (non-hydrogen) atoms. The van der Waals surface area contributed by atoms with Crippen LogP contribution in [-0.2, 0) is 4.79 Å². The summed E-state index contributed by atoms with van der Waals surface area (Å²) in [7, 11) is 1.56. The van der Waals surface area contributed by atoms with Crippen molar-refractivity contribution >= 4 is 12.0 Å². The van der Waals surface area contributed by atoms with Gasteiger partial charge < -0.3 is 20.4 Å². The average molecular weight is 272 g/mol. The smallest absolute Gasteiger partial charge is 0.329 e. The van der Waals surface area contributed by atoms with Crippen LogP contribution in [0, 0.1) is 0 Å². The number of hydrogen-bond donors (Lipinski definition) is 3. The van der Waals surface area contributed by atoms with Crippen LogP contribution in [0.15, 0.2) is 0 Å². The van der Waals surface area contributed by atoms with Crippen LogP contribution in [-0.4, -0.2) is 51.8 Å². The van der Waals surface area contributed by atoms with Crippen LogP contribution >= 0.6 is 0 Å². The van der Waals surface area contributed by atoms with Gasteiger partial charge in [0.1, 0.15) is 5.54 Å². The van der Waals surface area contributed by atoms with E-state index >= 15 is 0 Å². The molecule has 0 atom stereocenters. The van der Waals surface area contributed by atoms with Gasteiger partial charge in [0.15, 0.2) is 0 Å². The predicted octanol–water partition coefficient (Wildman–Crippen LogP) is 1.19. The van der Waals surface area contributed by atoms with Crippen LogP contribution in [0.2, 0.25) is 0 Å². The van der Waals surface area contributed by atoms with Crippen LogP contribution < -0.4 is 5.32 Å². The molecule has 1 aliphatic rings. The highest BCUT2D eigenvalue weighted by molar-refractivity contribution is 5.86. The van der Waals surface area contributed by atoms with E-state index in [0.717, 1.165) is 19.3 Å². The van der Waals surface area contributed by atoms with Crippen LogP contribution in [0.4, 0.5) is 4.79 Å². The number of carboxylic acids is 1. The minimum Gasteiger partial charge on any atom is -0.480 e. The standard InChI is InChI=1S/C13H24N2O4/c1-12(2,9-16)15(3)11(19)14-13(10(17)18)7-5-4-6-8-13/h16H,4-9H2,1-3H3,(H,14,19)(H,17,18). The Labute approximate surface area is 113 Å². The lowest BCUT2D eigenvalue weighted by molar-refractivity contribution is -0.146. The molecule has 110 valence electrons. The Balaban J connectivity index is 2.80. The number of carboxylic acid groups (broad SMARTS) is 1. The maximum Gasteiger partial charge on any atom is 0.329 e. The molecule has 0 aromatic carbocycles. The van der Waals surface area contributed by atoms with Gasteiger partial charge in [-0.3, -0.25) is 0 Å². The normalized spacial score (nSPS) is 18.7. The number of aliphatic hydroxyl groups is 1. The van der Waals surface area contributed by atoms with Gasteiger partial charge in [0.2, 0.25) is 0 Å². The van der Waals surface area contributed by atoms with E-state index in [9.17, 15) is 19.8 Å². The fraction of sp³-hybridized carbons (Fsp3) is 0.846. The van der Waals surface area contributed by atoms with Crippen molar-refractivity contribution in [2.75, 3.05) is 13.7 Å². The summed E-state index contributed by atoms with van der Waals surface area (Å²) < 4.78 is 0. The molecule has 0 aromatic heterocycles. The summed E-state index contributed by atoms with van der Waals surface area (Å²) in [6.07, 6.45) is 3.53. The number of carbonyl (C=O) groups is 2. The zero-order valence-electron chi connectivity index (χ0n) is 11.9. The summed E-state index contributed by atoms with van der Waals surface area (Å²) in [6.45, 7) is 3.26. The van der Waals surface area contributed by atoms with Crippen LogP contribution in [0.3, 0.4) is 0 Å². The number of aliphatic carboxylic acids is 1. The number of nitrogens with zero attached hydrogens (tertiary/aromatic N) is 1. The minimum atomic E-state index is -1.16. The minimum absolute atomic E-state index is 0.184. The summed E-state index contributed by atoms with van der Waals surface area (Å²) in [5, 5.41) is 21.3. The highest BCUT2D eigenvalue weighted by Crippen LogP contribution is 2.29. The number of rotatable bonds is 4. The van der Waals surface area contributed by atoms with Crippen molar-refractivity contribution in [1.29, 1.82) is 0 Å². The van der Waals surface area contributed by atoms with Gasteiger partial charge in [-0.2, -0.15) is 0 Å². The van der Waals surface area contributed by atoms with Gasteiger partial charge in [0, 0.05) is 7.05 Å². The Morgan fingerprint density at radius 1 is 1.26 bits per heavy atom. The first-order chi connectivity index (χ1) is 8.75. The van der Waals surface area contributed by atoms with Gasteiger partial charge in [-0.25, -0.2) is 9.59 Å². The zero-order chi connectivity index (χ0) is 14.7. The first-order valence-corrected chi connectivity index (χ1v) is 6.65. The van der Waals surface area contributed by atoms with Gasteiger partial charge in [0.05, 0.1) is 12.1 Å². The van der Waals surface area contributed by atoms with E-state index in [0.29, 0.717) is 12.8 Å². The number of hydrogen-bond acceptors (Lipinski definition) is 3. The summed E-state index contributed by atoms with van der Waals surface area (Å²) in [4.78, 5) is 25.0. The molecule has 1 aliphatic carbocycles. The molecule has 0 heterocycles. The van der Waals surface area contributed by atoms with Gasteiger partial charge in [-0.15, -0.1) is 0 Å². The largest absolute Gasteiger partial charge is 0.480 e. The quantitative estimate of drug-likeness (QED) is 0.717. The highest BCUT2D eigenvalue weighted by Gasteiger charge is 2.42. The lowest BCUT2D eigenvalue weighted by Gasteiger charge is -2.39. The fourth-order valence-corrected chi connectivity index (χ4v) is 2.22. The molecular formula is C13H24N2O4. The highest BCUT2D eigenvalue weighted by atomic mass is 16.4. The number of carbonyl (C=O) groups excluding carboxylic acids is 1. The first kappa shape index (κ1) is 15.8. The number of amides is 2. The van der Waals surface area contributed by atoms with Crippen molar-refractivity contribution in [3.8, 4) is 0 Å². The molecular weight excluding hydrogens is 248 g/mol. The van der Waals surface area contributed by atoms with Crippen molar-refractivity contribution in [2.45, 2.75) is 57.0 Å². The SMILES string of the molecule is CN(C(=O)NC1(C(=O)O)CCCCC1)C(C)(C)CO. The maximum absolute atomic E-state index is 12.2. The van der Waals surface area contributed by atoms with Crippen LogP contribution in [0.25, 0.3) is 0 Å². The van der Waals surface area contributed by atoms with E-state index in [1.165, 1.54) is 4.90 Å². The third-order valence-corrected chi connectivity index (χ3v) is 4.06. The van der Waals surface area contributed by atoms with Crippen molar-refractivity contribution < 1.29 is 19.8 Å². The van der Waals surface area contributed by atoms with E-state index in [1.807, 2.05) is 0 Å². The molecule has 0 saturated heterocycles. The molecule has 1 rings (SSSR count). The van der Waals surface area contributed by atoms with Crippen molar-refractivity contribution in [3.63, 3.8) is 0 Å². The topological polar surface area (TPSA) is 89.9 Å². The summed E-state index contributed by atoms with van der Waals surface area (Å²) in [5.41, 5.74) is -1.88. The van der Waals surface area contributed by atoms with E-state index in [4.69, 9.17) is 0 Å². The second kappa shape index (κ2) is 5.77. The second-order valence-electron chi connectivity index (χ2n) is 5.91. The van der Waals surface area contributed by atoms with E-state index in [2.05, 4.69) is 5.32 Å². The van der Waals surface area contributed by atoms with E-state index < -0.39 is 23.1 Å². The summed E-state index contributed by atoms with van der Waals surface area (Å²) in [5.74, 6) is -0.976. The molecule has 1 fully saturated rings. The predicted molar refractivity (Wildman–Crippen MR) is 70.9 cm³/mol. The molecule has 0 spiro atoms. The first-order valence-electron chi connectivity index (χ1n) is 6.65. The monoisotopic (exact) mass is 272 g/mol. The van der Waals surface area contributed by atoms with E-state index in [-0.39, 0.29) is 6.61 Å². The molecule has 0 unspecified atom stereocenters. The third-order valence-electron chi connectivity index (χ3n) is 4.06. The molecule has 0 aliphatic heterocycles. The summed E-state index contributed by atoms with van der Waals surface area (Å²) >= 11 is 0. The molecule has 3 N–H and O–H groups in total. The molecule has 1 saturated carbocycles. The molecule has 0 radical (unpaired) electrons. The van der Waals surface area contributed by atoms with Crippen molar-refractivity contribution in [2.24, 2.45) is 0 Å². The molecule has 0 bridgehead atoms. The Bertz CT molecular complexity index is 349. The second-order valence-corrected chi connectivity index (χ2v) is 5.91. The summed E-state index contributed by atoms with van der Waals surface area (Å²) in [6, 6.07) is -0.455. The van der Waals surface area contributed by atoms with Crippen LogP contribution in [0.1, 0.15) is 46.0 Å². The van der Waals surface area contributed by atoms with Gasteiger partial charge in [-0.05, 0) is 26.7 Å². The average Bonchev–Trinajstić information content (AvgIpc) is 2.38. The van der Waals surface area contributed by atoms with Crippen molar-refractivity contribution in [1.82, 2.24) is 10.2 Å². The van der Waals surface area contributed by atoms with Gasteiger partial charge in [0.25, 0.3) is 0 Å². The molecule has 2 amide bonds. The Hall–Kier alpha value is -1.30.